The molecule has 0 atom stereocenters. The zero-order chi connectivity index (χ0) is 14.0. The summed E-state index contributed by atoms with van der Waals surface area (Å²) < 4.78 is 31.1. The van der Waals surface area contributed by atoms with Crippen LogP contribution in [0.4, 0.5) is 5.69 Å². The van der Waals surface area contributed by atoms with Crippen molar-refractivity contribution >= 4 is 15.7 Å². The minimum atomic E-state index is -3.65. The highest BCUT2D eigenvalue weighted by atomic mass is 32.2. The topological polar surface area (TPSA) is 92.4 Å². The molecule has 0 spiro atoms. The molecule has 2 N–H and O–H groups in total. The van der Waals surface area contributed by atoms with Crippen LogP contribution < -0.4 is 4.72 Å². The van der Waals surface area contributed by atoms with Crippen molar-refractivity contribution in [1.29, 1.82) is 0 Å². The molecule has 2 rings (SSSR count). The third-order valence-electron chi connectivity index (χ3n) is 2.52. The Bertz CT molecular complexity index is 671. The number of aromatic nitrogens is 1. The first-order valence-electron chi connectivity index (χ1n) is 5.58. The predicted molar refractivity (Wildman–Crippen MR) is 70.3 cm³/mol. The highest BCUT2D eigenvalue weighted by molar-refractivity contribution is 7.91. The van der Waals surface area contributed by atoms with E-state index in [9.17, 15) is 13.5 Å². The summed E-state index contributed by atoms with van der Waals surface area (Å²) in [6.45, 7) is 3.39. The fourth-order valence-corrected chi connectivity index (χ4v) is 2.83. The van der Waals surface area contributed by atoms with Gasteiger partial charge in [-0.1, -0.05) is 17.3 Å². The lowest BCUT2D eigenvalue weighted by atomic mass is 10.2. The standard InChI is InChI=1S/C12H14N2O4S/c1-8-4-3-5-11(15)12(8)14-19(16,17)7-10-6-9(2)18-13-10/h3-6,14-15H,7H2,1-2H3. The summed E-state index contributed by atoms with van der Waals surface area (Å²) >= 11 is 0. The molecule has 0 saturated heterocycles. The normalized spacial score (nSPS) is 11.5. The number of benzene rings is 1. The van der Waals surface area contributed by atoms with Gasteiger partial charge in [0, 0.05) is 6.07 Å². The number of anilines is 1. The molecule has 19 heavy (non-hydrogen) atoms. The Balaban J connectivity index is 2.22. The number of phenols is 1. The Morgan fingerprint density at radius 1 is 1.37 bits per heavy atom. The molecule has 0 radical (unpaired) electrons. The molecule has 102 valence electrons. The summed E-state index contributed by atoms with van der Waals surface area (Å²) in [6, 6.07) is 6.32. The van der Waals surface area contributed by atoms with E-state index in [1.54, 1.807) is 32.0 Å². The van der Waals surface area contributed by atoms with Gasteiger partial charge in [-0.3, -0.25) is 4.72 Å². The third kappa shape index (κ3) is 3.25. The van der Waals surface area contributed by atoms with E-state index in [1.807, 2.05) is 0 Å². The molecule has 0 aliphatic heterocycles. The van der Waals surface area contributed by atoms with Crippen LogP contribution in [0, 0.1) is 13.8 Å². The number of aryl methyl sites for hydroxylation is 2. The summed E-state index contributed by atoms with van der Waals surface area (Å²) in [5, 5.41) is 13.3. The van der Waals surface area contributed by atoms with E-state index < -0.39 is 10.0 Å². The lowest BCUT2D eigenvalue weighted by Crippen LogP contribution is -2.16. The molecule has 1 aromatic carbocycles. The Labute approximate surface area is 111 Å². The van der Waals surface area contributed by atoms with Crippen LogP contribution in [-0.4, -0.2) is 18.7 Å². The summed E-state index contributed by atoms with van der Waals surface area (Å²) in [4.78, 5) is 0. The number of nitrogens with one attached hydrogen (secondary N) is 1. The predicted octanol–water partition coefficient (Wildman–Crippen LogP) is 1.94. The van der Waals surface area contributed by atoms with Gasteiger partial charge in [-0.15, -0.1) is 0 Å². The van der Waals surface area contributed by atoms with Crippen molar-refractivity contribution in [2.45, 2.75) is 19.6 Å². The van der Waals surface area contributed by atoms with E-state index in [4.69, 9.17) is 4.52 Å². The largest absolute Gasteiger partial charge is 0.506 e. The second-order valence-corrected chi connectivity index (χ2v) is 5.98. The lowest BCUT2D eigenvalue weighted by molar-refractivity contribution is 0.392. The van der Waals surface area contributed by atoms with Crippen molar-refractivity contribution in [3.8, 4) is 5.75 Å². The average molecular weight is 282 g/mol. The van der Waals surface area contributed by atoms with Gasteiger partial charge >= 0.3 is 0 Å². The average Bonchev–Trinajstić information content (AvgIpc) is 2.69. The van der Waals surface area contributed by atoms with Crippen LogP contribution in [0.25, 0.3) is 0 Å². The Hall–Kier alpha value is -2.02. The maximum Gasteiger partial charge on any atom is 0.238 e. The minimum absolute atomic E-state index is 0.111. The zero-order valence-electron chi connectivity index (χ0n) is 10.5. The first-order valence-corrected chi connectivity index (χ1v) is 7.24. The van der Waals surface area contributed by atoms with Crippen LogP contribution in [0.15, 0.2) is 28.8 Å². The van der Waals surface area contributed by atoms with Gasteiger partial charge in [-0.25, -0.2) is 8.42 Å². The van der Waals surface area contributed by atoms with E-state index in [0.29, 0.717) is 17.0 Å². The number of para-hydroxylation sites is 1. The molecule has 0 aliphatic carbocycles. The van der Waals surface area contributed by atoms with Gasteiger partial charge in [-0.05, 0) is 25.5 Å². The van der Waals surface area contributed by atoms with Crippen molar-refractivity contribution in [3.63, 3.8) is 0 Å². The van der Waals surface area contributed by atoms with Crippen molar-refractivity contribution in [1.82, 2.24) is 5.16 Å². The fourth-order valence-electron chi connectivity index (χ4n) is 1.66. The molecule has 6 nitrogen and oxygen atoms in total. The van der Waals surface area contributed by atoms with E-state index in [2.05, 4.69) is 9.88 Å². The highest BCUT2D eigenvalue weighted by Crippen LogP contribution is 2.27. The molecule has 1 heterocycles. The zero-order valence-corrected chi connectivity index (χ0v) is 11.4. The van der Waals surface area contributed by atoms with Gasteiger partial charge in [0.1, 0.15) is 23.0 Å². The van der Waals surface area contributed by atoms with Gasteiger partial charge in [0.25, 0.3) is 0 Å². The number of aromatic hydroxyl groups is 1. The molecule has 0 bridgehead atoms. The summed E-state index contributed by atoms with van der Waals surface area (Å²) in [5.74, 6) is 0.127. The second kappa shape index (κ2) is 4.93. The van der Waals surface area contributed by atoms with Crippen LogP contribution in [0.3, 0.4) is 0 Å². The molecule has 0 amide bonds. The third-order valence-corrected chi connectivity index (χ3v) is 3.71. The van der Waals surface area contributed by atoms with Crippen molar-refractivity contribution < 1.29 is 18.0 Å². The molecule has 1 aromatic heterocycles. The van der Waals surface area contributed by atoms with Crippen LogP contribution in [0.2, 0.25) is 0 Å². The van der Waals surface area contributed by atoms with Crippen molar-refractivity contribution in [2.24, 2.45) is 0 Å². The molecule has 0 saturated carbocycles. The molecule has 0 fully saturated rings. The molecule has 0 unspecified atom stereocenters. The van der Waals surface area contributed by atoms with Crippen molar-refractivity contribution in [3.05, 3.63) is 41.3 Å². The maximum atomic E-state index is 12.0. The SMILES string of the molecule is Cc1cc(CS(=O)(=O)Nc2c(C)cccc2O)no1. The minimum Gasteiger partial charge on any atom is -0.506 e. The number of hydrogen-bond acceptors (Lipinski definition) is 5. The smallest absolute Gasteiger partial charge is 0.238 e. The van der Waals surface area contributed by atoms with Gasteiger partial charge in [0.05, 0.1) is 5.69 Å². The van der Waals surface area contributed by atoms with Crippen LogP contribution in [0.1, 0.15) is 17.0 Å². The molecule has 7 heteroatoms. The van der Waals surface area contributed by atoms with Gasteiger partial charge in [0.15, 0.2) is 0 Å². The molecular weight excluding hydrogens is 268 g/mol. The highest BCUT2D eigenvalue weighted by Gasteiger charge is 2.17. The second-order valence-electron chi connectivity index (χ2n) is 4.26. The quantitative estimate of drug-likeness (QED) is 0.836. The first kappa shape index (κ1) is 13.4. The van der Waals surface area contributed by atoms with Crippen LogP contribution in [0.5, 0.6) is 5.75 Å². The number of hydrogen-bond donors (Lipinski definition) is 2. The van der Waals surface area contributed by atoms with Gasteiger partial charge < -0.3 is 9.63 Å². The van der Waals surface area contributed by atoms with E-state index in [1.165, 1.54) is 6.07 Å². The molecular formula is C12H14N2O4S. The van der Waals surface area contributed by atoms with Gasteiger partial charge in [0.2, 0.25) is 10.0 Å². The molecule has 0 aliphatic rings. The Morgan fingerprint density at radius 2 is 2.11 bits per heavy atom. The Kier molecular flexibility index (Phi) is 3.48. The van der Waals surface area contributed by atoms with Crippen LogP contribution in [-0.2, 0) is 15.8 Å². The monoisotopic (exact) mass is 282 g/mol. The van der Waals surface area contributed by atoms with E-state index in [0.717, 1.165) is 0 Å². The lowest BCUT2D eigenvalue weighted by Gasteiger charge is -2.10. The summed E-state index contributed by atoms with van der Waals surface area (Å²) in [5.41, 5.74) is 1.14. The summed E-state index contributed by atoms with van der Waals surface area (Å²) in [7, 11) is -3.65. The van der Waals surface area contributed by atoms with Gasteiger partial charge in [-0.2, -0.15) is 0 Å². The van der Waals surface area contributed by atoms with E-state index >= 15 is 0 Å². The maximum absolute atomic E-state index is 12.0. The fraction of sp³-hybridized carbons (Fsp3) is 0.250. The number of phenolic OH excluding ortho intramolecular Hbond substituents is 1. The number of sulfonamides is 1. The number of nitrogens with zero attached hydrogens (tertiary/aromatic N) is 1. The summed E-state index contributed by atoms with van der Waals surface area (Å²) in [6.07, 6.45) is 0. The molecule has 2 aromatic rings. The number of rotatable bonds is 4. The van der Waals surface area contributed by atoms with E-state index in [-0.39, 0.29) is 17.2 Å². The first-order chi connectivity index (χ1) is 8.87. The van der Waals surface area contributed by atoms with Crippen molar-refractivity contribution in [2.75, 3.05) is 4.72 Å². The Morgan fingerprint density at radius 3 is 2.68 bits per heavy atom. The van der Waals surface area contributed by atoms with Crippen LogP contribution >= 0.6 is 0 Å².